The van der Waals surface area contributed by atoms with Gasteiger partial charge in [-0.3, -0.25) is 0 Å². The summed E-state index contributed by atoms with van der Waals surface area (Å²) in [4.78, 5) is 0. The van der Waals surface area contributed by atoms with Gasteiger partial charge in [0.15, 0.2) is 11.5 Å². The van der Waals surface area contributed by atoms with Crippen LogP contribution in [0.1, 0.15) is 29.9 Å². The molecule has 4 heteroatoms. The molecule has 0 aliphatic carbocycles. The number of benzene rings is 1. The SMILES string of the molecule is FCc1cc2c(cc1C1CCCNC1)OCO2. The fourth-order valence-corrected chi connectivity index (χ4v) is 2.61. The average Bonchev–Trinajstić information content (AvgIpc) is 2.85. The first-order valence-electron chi connectivity index (χ1n) is 6.07. The molecular formula is C13H16FNO2. The van der Waals surface area contributed by atoms with E-state index in [4.69, 9.17) is 9.47 Å². The molecule has 1 atom stereocenters. The molecule has 1 unspecified atom stereocenters. The zero-order chi connectivity index (χ0) is 11.7. The highest BCUT2D eigenvalue weighted by atomic mass is 19.1. The molecule has 1 aromatic carbocycles. The minimum atomic E-state index is -0.442. The summed E-state index contributed by atoms with van der Waals surface area (Å²) in [6.45, 7) is 1.79. The van der Waals surface area contributed by atoms with Crippen molar-refractivity contribution in [2.75, 3.05) is 19.9 Å². The van der Waals surface area contributed by atoms with Gasteiger partial charge in [-0.25, -0.2) is 4.39 Å². The number of nitrogens with one attached hydrogen (secondary N) is 1. The van der Waals surface area contributed by atoms with Gasteiger partial charge >= 0.3 is 0 Å². The molecule has 0 radical (unpaired) electrons. The predicted octanol–water partition coefficient (Wildman–Crippen LogP) is 2.35. The third kappa shape index (κ3) is 1.97. The number of hydrogen-bond donors (Lipinski definition) is 1. The molecule has 17 heavy (non-hydrogen) atoms. The quantitative estimate of drug-likeness (QED) is 0.856. The van der Waals surface area contributed by atoms with E-state index >= 15 is 0 Å². The summed E-state index contributed by atoms with van der Waals surface area (Å²) in [6, 6.07) is 3.74. The lowest BCUT2D eigenvalue weighted by atomic mass is 9.88. The van der Waals surface area contributed by atoms with Crippen molar-refractivity contribution in [3.05, 3.63) is 23.3 Å². The van der Waals surface area contributed by atoms with Crippen LogP contribution in [0.4, 0.5) is 4.39 Å². The molecule has 0 bridgehead atoms. The van der Waals surface area contributed by atoms with Crippen molar-refractivity contribution < 1.29 is 13.9 Å². The van der Waals surface area contributed by atoms with Crippen LogP contribution in [0, 0.1) is 0 Å². The Labute approximate surface area is 99.9 Å². The van der Waals surface area contributed by atoms with Gasteiger partial charge in [-0.2, -0.15) is 0 Å². The Morgan fingerprint density at radius 1 is 1.29 bits per heavy atom. The van der Waals surface area contributed by atoms with Gasteiger partial charge in [-0.15, -0.1) is 0 Å². The van der Waals surface area contributed by atoms with E-state index in [1.165, 1.54) is 0 Å². The van der Waals surface area contributed by atoms with Gasteiger partial charge in [0.2, 0.25) is 6.79 Å². The minimum absolute atomic E-state index is 0.243. The second-order valence-corrected chi connectivity index (χ2v) is 4.58. The Morgan fingerprint density at radius 2 is 2.12 bits per heavy atom. The minimum Gasteiger partial charge on any atom is -0.454 e. The van der Waals surface area contributed by atoms with Gasteiger partial charge in [-0.05, 0) is 48.6 Å². The largest absolute Gasteiger partial charge is 0.454 e. The fourth-order valence-electron chi connectivity index (χ4n) is 2.61. The van der Waals surface area contributed by atoms with Gasteiger partial charge in [0.05, 0.1) is 0 Å². The van der Waals surface area contributed by atoms with Crippen LogP contribution in [0.5, 0.6) is 11.5 Å². The molecule has 0 saturated carbocycles. The van der Waals surface area contributed by atoms with Crippen molar-refractivity contribution in [3.8, 4) is 11.5 Å². The molecule has 2 aliphatic rings. The van der Waals surface area contributed by atoms with Crippen LogP contribution >= 0.6 is 0 Å². The standard InChI is InChI=1S/C13H16FNO2/c14-6-10-4-12-13(17-8-16-12)5-11(10)9-2-1-3-15-7-9/h4-5,9,15H,1-3,6-8H2. The molecule has 1 fully saturated rings. The normalized spacial score (nSPS) is 22.8. The van der Waals surface area contributed by atoms with Crippen molar-refractivity contribution >= 4 is 0 Å². The summed E-state index contributed by atoms with van der Waals surface area (Å²) in [7, 11) is 0. The van der Waals surface area contributed by atoms with Crippen LogP contribution in [0.2, 0.25) is 0 Å². The van der Waals surface area contributed by atoms with Crippen LogP contribution in [0.15, 0.2) is 12.1 Å². The van der Waals surface area contributed by atoms with E-state index in [-0.39, 0.29) is 6.79 Å². The van der Waals surface area contributed by atoms with E-state index in [0.717, 1.165) is 42.8 Å². The first kappa shape index (κ1) is 10.8. The zero-order valence-corrected chi connectivity index (χ0v) is 9.67. The fraction of sp³-hybridized carbons (Fsp3) is 0.538. The van der Waals surface area contributed by atoms with Crippen LogP contribution < -0.4 is 14.8 Å². The molecule has 0 spiro atoms. The van der Waals surface area contributed by atoms with Crippen LogP contribution in [0.25, 0.3) is 0 Å². The number of hydrogen-bond acceptors (Lipinski definition) is 3. The van der Waals surface area contributed by atoms with E-state index in [0.29, 0.717) is 11.7 Å². The molecule has 2 heterocycles. The highest BCUT2D eigenvalue weighted by Crippen LogP contribution is 2.39. The number of alkyl halides is 1. The Balaban J connectivity index is 1.96. The lowest BCUT2D eigenvalue weighted by molar-refractivity contribution is 0.174. The average molecular weight is 237 g/mol. The Bertz CT molecular complexity index is 416. The number of rotatable bonds is 2. The summed E-state index contributed by atoms with van der Waals surface area (Å²) < 4.78 is 23.7. The monoisotopic (exact) mass is 237 g/mol. The Hall–Kier alpha value is -1.29. The van der Waals surface area contributed by atoms with Gasteiger partial charge < -0.3 is 14.8 Å². The van der Waals surface area contributed by atoms with Crippen LogP contribution in [0.3, 0.4) is 0 Å². The first-order valence-corrected chi connectivity index (χ1v) is 6.07. The molecule has 3 rings (SSSR count). The number of ether oxygens (including phenoxy) is 2. The maximum absolute atomic E-state index is 13.1. The van der Waals surface area contributed by atoms with Crippen molar-refractivity contribution in [3.63, 3.8) is 0 Å². The van der Waals surface area contributed by atoms with Gasteiger partial charge in [-0.1, -0.05) is 0 Å². The summed E-state index contributed by atoms with van der Waals surface area (Å²) in [6.07, 6.45) is 2.25. The molecule has 1 N–H and O–H groups in total. The van der Waals surface area contributed by atoms with E-state index in [9.17, 15) is 4.39 Å². The highest BCUT2D eigenvalue weighted by Gasteiger charge is 2.23. The van der Waals surface area contributed by atoms with Gasteiger partial charge in [0.1, 0.15) is 6.67 Å². The summed E-state index contributed by atoms with van der Waals surface area (Å²) >= 11 is 0. The number of piperidine rings is 1. The van der Waals surface area contributed by atoms with E-state index in [2.05, 4.69) is 5.32 Å². The Kier molecular flexibility index (Phi) is 2.89. The molecule has 92 valence electrons. The number of halogens is 1. The summed E-state index contributed by atoms with van der Waals surface area (Å²) in [5.41, 5.74) is 1.81. The third-order valence-electron chi connectivity index (χ3n) is 3.52. The van der Waals surface area contributed by atoms with Crippen LogP contribution in [-0.4, -0.2) is 19.9 Å². The predicted molar refractivity (Wildman–Crippen MR) is 62.2 cm³/mol. The molecule has 3 nitrogen and oxygen atoms in total. The van der Waals surface area contributed by atoms with Crippen molar-refractivity contribution in [2.45, 2.75) is 25.4 Å². The third-order valence-corrected chi connectivity index (χ3v) is 3.52. The smallest absolute Gasteiger partial charge is 0.231 e. The molecular weight excluding hydrogens is 221 g/mol. The topological polar surface area (TPSA) is 30.5 Å². The number of fused-ring (bicyclic) bond motifs is 1. The maximum Gasteiger partial charge on any atom is 0.231 e. The maximum atomic E-state index is 13.1. The van der Waals surface area contributed by atoms with E-state index in [1.54, 1.807) is 6.07 Å². The van der Waals surface area contributed by atoms with E-state index < -0.39 is 6.67 Å². The second kappa shape index (κ2) is 4.53. The van der Waals surface area contributed by atoms with Crippen molar-refractivity contribution in [1.82, 2.24) is 5.32 Å². The summed E-state index contributed by atoms with van der Waals surface area (Å²) in [5.74, 6) is 1.82. The molecule has 2 aliphatic heterocycles. The van der Waals surface area contributed by atoms with Gasteiger partial charge in [0.25, 0.3) is 0 Å². The lowest BCUT2D eigenvalue weighted by Gasteiger charge is -2.25. The van der Waals surface area contributed by atoms with Crippen molar-refractivity contribution in [2.24, 2.45) is 0 Å². The molecule has 1 saturated heterocycles. The first-order chi connectivity index (χ1) is 8.38. The Morgan fingerprint density at radius 3 is 2.82 bits per heavy atom. The highest BCUT2D eigenvalue weighted by molar-refractivity contribution is 5.49. The van der Waals surface area contributed by atoms with Gasteiger partial charge in [0, 0.05) is 6.54 Å². The zero-order valence-electron chi connectivity index (χ0n) is 9.67. The summed E-state index contributed by atoms with van der Waals surface area (Å²) in [5, 5.41) is 3.36. The molecule has 1 aromatic rings. The second-order valence-electron chi connectivity index (χ2n) is 4.58. The molecule has 0 aromatic heterocycles. The van der Waals surface area contributed by atoms with Crippen LogP contribution in [-0.2, 0) is 6.67 Å². The molecule has 0 amide bonds. The van der Waals surface area contributed by atoms with Crippen molar-refractivity contribution in [1.29, 1.82) is 0 Å². The lowest BCUT2D eigenvalue weighted by Crippen LogP contribution is -2.28. The van der Waals surface area contributed by atoms with E-state index in [1.807, 2.05) is 6.07 Å².